The maximum absolute atomic E-state index is 12.7. The van der Waals surface area contributed by atoms with Crippen LogP contribution in [0.15, 0.2) is 39.5 Å². The minimum absolute atomic E-state index is 0.324. The third-order valence-corrected chi connectivity index (χ3v) is 3.83. The van der Waals surface area contributed by atoms with Crippen LogP contribution in [0.3, 0.4) is 0 Å². The van der Waals surface area contributed by atoms with E-state index in [0.29, 0.717) is 16.7 Å². The summed E-state index contributed by atoms with van der Waals surface area (Å²) in [7, 11) is 0. The van der Waals surface area contributed by atoms with Crippen molar-refractivity contribution >= 4 is 16.7 Å². The van der Waals surface area contributed by atoms with Crippen LogP contribution in [0.4, 0.5) is 10.1 Å². The maximum Gasteiger partial charge on any atom is 0.336 e. The fourth-order valence-corrected chi connectivity index (χ4v) is 2.57. The molecule has 3 unspecified atom stereocenters. The third-order valence-electron chi connectivity index (χ3n) is 3.83. The summed E-state index contributed by atoms with van der Waals surface area (Å²) in [4.78, 5) is 11.2. The second-order valence-corrected chi connectivity index (χ2v) is 5.38. The number of aliphatic hydroxyl groups excluding tert-OH is 3. The summed E-state index contributed by atoms with van der Waals surface area (Å²) in [6.07, 6.45) is -5.70. The second-order valence-electron chi connectivity index (χ2n) is 5.38. The highest BCUT2D eigenvalue weighted by atomic mass is 19.1. The zero-order valence-electron chi connectivity index (χ0n) is 11.9. The first-order chi connectivity index (χ1) is 11.0. The van der Waals surface area contributed by atoms with Crippen molar-refractivity contribution in [3.63, 3.8) is 0 Å². The maximum atomic E-state index is 12.7. The topological polar surface area (TPSA) is 112 Å². The minimum atomic E-state index is -1.51. The van der Waals surface area contributed by atoms with Crippen molar-refractivity contribution in [3.05, 3.63) is 40.8 Å². The molecule has 5 atom stereocenters. The van der Waals surface area contributed by atoms with Crippen LogP contribution >= 0.6 is 0 Å². The Hall–Kier alpha value is -2.00. The Morgan fingerprint density at radius 3 is 2.61 bits per heavy atom. The van der Waals surface area contributed by atoms with Gasteiger partial charge in [0.05, 0.1) is 0 Å². The first-order valence-electron chi connectivity index (χ1n) is 7.05. The SMILES string of the molecule is O=c1ccc2ccc(NC3C(O)OC(CF)[C@@H](O)[C@@H]3O)cc2o1. The zero-order chi connectivity index (χ0) is 16.6. The Labute approximate surface area is 129 Å². The highest BCUT2D eigenvalue weighted by Gasteiger charge is 2.43. The van der Waals surface area contributed by atoms with Crippen LogP contribution in [0.1, 0.15) is 0 Å². The molecule has 1 aliphatic rings. The molecule has 0 radical (unpaired) electrons. The van der Waals surface area contributed by atoms with Gasteiger partial charge in [-0.15, -0.1) is 0 Å². The summed E-state index contributed by atoms with van der Waals surface area (Å²) in [5.74, 6) is 0. The predicted molar refractivity (Wildman–Crippen MR) is 78.8 cm³/mol. The van der Waals surface area contributed by atoms with E-state index in [1.807, 2.05) is 0 Å². The summed E-state index contributed by atoms with van der Waals surface area (Å²) in [5, 5.41) is 33.2. The smallest absolute Gasteiger partial charge is 0.336 e. The van der Waals surface area contributed by atoms with Gasteiger partial charge in [0, 0.05) is 23.2 Å². The lowest BCUT2D eigenvalue weighted by Gasteiger charge is -2.40. The van der Waals surface area contributed by atoms with Gasteiger partial charge in [-0.1, -0.05) is 0 Å². The molecule has 3 rings (SSSR count). The number of hydrogen-bond donors (Lipinski definition) is 4. The summed E-state index contributed by atoms with van der Waals surface area (Å²) in [6.45, 7) is -1.02. The molecule has 4 N–H and O–H groups in total. The number of benzene rings is 1. The van der Waals surface area contributed by atoms with Crippen molar-refractivity contribution in [2.75, 3.05) is 12.0 Å². The number of fused-ring (bicyclic) bond motifs is 1. The summed E-state index contributed by atoms with van der Waals surface area (Å²) in [6, 6.07) is 6.68. The molecular formula is C15H16FNO6. The number of hydrogen-bond acceptors (Lipinski definition) is 7. The molecule has 1 aromatic carbocycles. The van der Waals surface area contributed by atoms with E-state index in [4.69, 9.17) is 9.15 Å². The monoisotopic (exact) mass is 325 g/mol. The predicted octanol–water partition coefficient (Wildman–Crippen LogP) is -0.0180. The van der Waals surface area contributed by atoms with Crippen molar-refractivity contribution < 1.29 is 28.9 Å². The Kier molecular flexibility index (Phi) is 4.31. The van der Waals surface area contributed by atoms with E-state index >= 15 is 0 Å². The van der Waals surface area contributed by atoms with Crippen molar-refractivity contribution in [2.45, 2.75) is 30.6 Å². The van der Waals surface area contributed by atoms with Crippen LogP contribution in [0, 0.1) is 0 Å². The average Bonchev–Trinajstić information content (AvgIpc) is 2.54. The zero-order valence-corrected chi connectivity index (χ0v) is 11.9. The van der Waals surface area contributed by atoms with Crippen LogP contribution in [0.25, 0.3) is 11.0 Å². The van der Waals surface area contributed by atoms with E-state index < -0.39 is 42.9 Å². The fraction of sp³-hybridized carbons (Fsp3) is 0.400. The first-order valence-corrected chi connectivity index (χ1v) is 7.05. The number of alkyl halides is 1. The average molecular weight is 325 g/mol. The normalized spacial score (nSPS) is 31.2. The standard InChI is InChI=1S/C15H16FNO6/c16-6-10-13(19)14(20)12(15(21)23-10)17-8-3-1-7-2-4-11(18)22-9(7)5-8/h1-5,10,12-15,17,19-21H,6H2/t10?,12?,13-,14-,15?/m1/s1. The van der Waals surface area contributed by atoms with E-state index in [9.17, 15) is 24.5 Å². The highest BCUT2D eigenvalue weighted by Crippen LogP contribution is 2.25. The molecule has 8 heteroatoms. The number of nitrogens with one attached hydrogen (secondary N) is 1. The lowest BCUT2D eigenvalue weighted by molar-refractivity contribution is -0.240. The van der Waals surface area contributed by atoms with E-state index in [2.05, 4.69) is 5.32 Å². The summed E-state index contributed by atoms with van der Waals surface area (Å²) < 4.78 is 22.7. The molecule has 1 fully saturated rings. The molecule has 7 nitrogen and oxygen atoms in total. The summed E-state index contributed by atoms with van der Waals surface area (Å²) >= 11 is 0. The van der Waals surface area contributed by atoms with Gasteiger partial charge in [0.25, 0.3) is 0 Å². The number of halogens is 1. The van der Waals surface area contributed by atoms with Gasteiger partial charge in [-0.2, -0.15) is 0 Å². The van der Waals surface area contributed by atoms with Gasteiger partial charge in [-0.25, -0.2) is 9.18 Å². The number of rotatable bonds is 3. The number of ether oxygens (including phenoxy) is 1. The van der Waals surface area contributed by atoms with Gasteiger partial charge in [0.1, 0.15) is 36.6 Å². The molecule has 0 bridgehead atoms. The second kappa shape index (κ2) is 6.25. The van der Waals surface area contributed by atoms with Crippen molar-refractivity contribution in [3.8, 4) is 0 Å². The molecule has 2 heterocycles. The van der Waals surface area contributed by atoms with Crippen LogP contribution in [-0.2, 0) is 4.74 Å². The highest BCUT2D eigenvalue weighted by molar-refractivity contribution is 5.80. The lowest BCUT2D eigenvalue weighted by Crippen LogP contribution is -2.60. The van der Waals surface area contributed by atoms with Gasteiger partial charge in [-0.3, -0.25) is 0 Å². The van der Waals surface area contributed by atoms with Gasteiger partial charge in [0.15, 0.2) is 6.29 Å². The van der Waals surface area contributed by atoms with Crippen molar-refractivity contribution in [1.29, 1.82) is 0 Å². The Morgan fingerprint density at radius 2 is 1.87 bits per heavy atom. The largest absolute Gasteiger partial charge is 0.423 e. The van der Waals surface area contributed by atoms with E-state index in [1.54, 1.807) is 18.2 Å². The van der Waals surface area contributed by atoms with Gasteiger partial charge < -0.3 is 29.8 Å². The third kappa shape index (κ3) is 3.06. The molecule has 1 aromatic heterocycles. The molecule has 2 aromatic rings. The molecule has 0 aliphatic carbocycles. The van der Waals surface area contributed by atoms with Gasteiger partial charge in [-0.05, 0) is 18.2 Å². The number of aliphatic hydroxyl groups is 3. The van der Waals surface area contributed by atoms with Gasteiger partial charge in [0.2, 0.25) is 0 Å². The van der Waals surface area contributed by atoms with Crippen LogP contribution in [0.2, 0.25) is 0 Å². The van der Waals surface area contributed by atoms with E-state index in [1.165, 1.54) is 12.1 Å². The molecule has 0 saturated carbocycles. The molecular weight excluding hydrogens is 309 g/mol. The molecule has 1 saturated heterocycles. The molecule has 124 valence electrons. The lowest BCUT2D eigenvalue weighted by atomic mass is 9.97. The Bertz CT molecular complexity index is 750. The molecule has 23 heavy (non-hydrogen) atoms. The molecule has 1 aliphatic heterocycles. The molecule has 0 amide bonds. The first kappa shape index (κ1) is 15.9. The van der Waals surface area contributed by atoms with Crippen molar-refractivity contribution in [1.82, 2.24) is 0 Å². The fourth-order valence-electron chi connectivity index (χ4n) is 2.57. The summed E-state index contributed by atoms with van der Waals surface area (Å²) in [5.41, 5.74) is 0.256. The van der Waals surface area contributed by atoms with Crippen LogP contribution in [-0.4, -0.2) is 52.6 Å². The van der Waals surface area contributed by atoms with E-state index in [-0.39, 0.29) is 0 Å². The Balaban J connectivity index is 1.84. The van der Waals surface area contributed by atoms with Crippen LogP contribution in [0.5, 0.6) is 0 Å². The van der Waals surface area contributed by atoms with Gasteiger partial charge >= 0.3 is 5.63 Å². The Morgan fingerprint density at radius 1 is 1.13 bits per heavy atom. The van der Waals surface area contributed by atoms with Crippen LogP contribution < -0.4 is 10.9 Å². The minimum Gasteiger partial charge on any atom is -0.423 e. The quantitative estimate of drug-likeness (QED) is 0.587. The molecule has 0 spiro atoms. The van der Waals surface area contributed by atoms with Crippen molar-refractivity contribution in [2.24, 2.45) is 0 Å². The number of anilines is 1. The van der Waals surface area contributed by atoms with E-state index in [0.717, 1.165) is 0 Å².